The molecule has 0 saturated carbocycles. The summed E-state index contributed by atoms with van der Waals surface area (Å²) >= 11 is 0. The van der Waals surface area contributed by atoms with Crippen molar-refractivity contribution in [2.75, 3.05) is 18.5 Å². The zero-order chi connectivity index (χ0) is 16.7. The van der Waals surface area contributed by atoms with Gasteiger partial charge >= 0.3 is 0 Å². The van der Waals surface area contributed by atoms with Crippen molar-refractivity contribution < 1.29 is 9.53 Å². The van der Waals surface area contributed by atoms with Gasteiger partial charge in [0.05, 0.1) is 6.54 Å². The van der Waals surface area contributed by atoms with Gasteiger partial charge in [0.25, 0.3) is 5.91 Å². The molecule has 2 rings (SSSR count). The molecule has 1 fully saturated rings. The lowest BCUT2D eigenvalue weighted by molar-refractivity contribution is -0.124. The molecule has 1 aromatic carbocycles. The molecular formula is C17H27IN4O2. The molecular weight excluding hydrogens is 419 g/mol. The minimum absolute atomic E-state index is 0. The molecule has 134 valence electrons. The highest BCUT2D eigenvalue weighted by Crippen LogP contribution is 2.16. The highest BCUT2D eigenvalue weighted by atomic mass is 127. The zero-order valence-electron chi connectivity index (χ0n) is 14.2. The summed E-state index contributed by atoms with van der Waals surface area (Å²) in [7, 11) is 0. The van der Waals surface area contributed by atoms with Crippen LogP contribution >= 0.6 is 24.0 Å². The van der Waals surface area contributed by atoms with Crippen LogP contribution in [0.5, 0.6) is 0 Å². The number of carbonyl (C=O) groups is 1. The van der Waals surface area contributed by atoms with Crippen LogP contribution in [0.2, 0.25) is 0 Å². The van der Waals surface area contributed by atoms with Gasteiger partial charge in [-0.2, -0.15) is 0 Å². The highest BCUT2D eigenvalue weighted by molar-refractivity contribution is 14.0. The van der Waals surface area contributed by atoms with Crippen molar-refractivity contribution in [3.63, 3.8) is 0 Å². The Balaban J connectivity index is 0.00000288. The van der Waals surface area contributed by atoms with E-state index in [-0.39, 0.29) is 36.0 Å². The van der Waals surface area contributed by atoms with Gasteiger partial charge in [-0.3, -0.25) is 4.79 Å². The first-order valence-electron chi connectivity index (χ1n) is 8.10. The molecule has 1 saturated heterocycles. The smallest absolute Gasteiger partial charge is 0.253 e. The van der Waals surface area contributed by atoms with Gasteiger partial charge in [0, 0.05) is 18.8 Å². The molecule has 4 N–H and O–H groups in total. The average Bonchev–Trinajstić information content (AvgIpc) is 3.06. The lowest BCUT2D eigenvalue weighted by Gasteiger charge is -2.11. The van der Waals surface area contributed by atoms with Crippen LogP contribution in [0, 0.1) is 5.92 Å². The number of hydrogen-bond donors (Lipinski definition) is 3. The summed E-state index contributed by atoms with van der Waals surface area (Å²) in [5.41, 5.74) is 7.57. The Morgan fingerprint density at radius 1 is 1.46 bits per heavy atom. The number of ether oxygens (including phenoxy) is 1. The van der Waals surface area contributed by atoms with Crippen LogP contribution in [0.25, 0.3) is 0 Å². The number of nitrogens with two attached hydrogens (primary N) is 1. The Hall–Kier alpha value is -1.35. The van der Waals surface area contributed by atoms with Crippen molar-refractivity contribution in [1.82, 2.24) is 5.32 Å². The molecule has 1 aliphatic heterocycles. The Bertz CT molecular complexity index is 557. The third-order valence-corrected chi connectivity index (χ3v) is 3.54. The fourth-order valence-electron chi connectivity index (χ4n) is 2.30. The van der Waals surface area contributed by atoms with Gasteiger partial charge in [-0.25, -0.2) is 4.99 Å². The summed E-state index contributed by atoms with van der Waals surface area (Å²) in [6.07, 6.45) is 1.40. The van der Waals surface area contributed by atoms with Crippen LogP contribution in [0.4, 0.5) is 5.69 Å². The van der Waals surface area contributed by atoms with E-state index in [1.807, 2.05) is 24.3 Å². The molecule has 0 spiro atoms. The van der Waals surface area contributed by atoms with Gasteiger partial charge in [-0.1, -0.05) is 26.0 Å². The summed E-state index contributed by atoms with van der Waals surface area (Å²) in [5.74, 6) is 0.869. The Labute approximate surface area is 160 Å². The van der Waals surface area contributed by atoms with E-state index in [2.05, 4.69) is 29.5 Å². The van der Waals surface area contributed by atoms with E-state index in [4.69, 9.17) is 10.5 Å². The summed E-state index contributed by atoms with van der Waals surface area (Å²) in [4.78, 5) is 16.4. The minimum Gasteiger partial charge on any atom is -0.370 e. The number of nitrogens with one attached hydrogen (secondary N) is 2. The summed E-state index contributed by atoms with van der Waals surface area (Å²) < 4.78 is 5.38. The van der Waals surface area contributed by atoms with E-state index in [0.717, 1.165) is 30.6 Å². The largest absolute Gasteiger partial charge is 0.370 e. The van der Waals surface area contributed by atoms with Crippen LogP contribution < -0.4 is 16.4 Å². The quantitative estimate of drug-likeness (QED) is 0.356. The molecule has 1 unspecified atom stereocenters. The van der Waals surface area contributed by atoms with E-state index >= 15 is 0 Å². The molecule has 24 heavy (non-hydrogen) atoms. The van der Waals surface area contributed by atoms with Crippen LogP contribution in [0.3, 0.4) is 0 Å². The Morgan fingerprint density at radius 2 is 2.25 bits per heavy atom. The lowest BCUT2D eigenvalue weighted by atomic mass is 10.2. The molecule has 1 amide bonds. The predicted molar refractivity (Wildman–Crippen MR) is 108 cm³/mol. The predicted octanol–water partition coefficient (Wildman–Crippen LogP) is 2.48. The molecule has 7 heteroatoms. The number of guanidine groups is 1. The maximum absolute atomic E-state index is 12.0. The Kier molecular flexibility index (Phi) is 9.05. The summed E-state index contributed by atoms with van der Waals surface area (Å²) in [6.45, 7) is 6.16. The standard InChI is InChI=1S/C17H26N4O2.HI/c1-12(2)10-19-17(18)20-11-13-5-3-6-14(9-13)21-16(22)15-7-4-8-23-15;/h3,5-6,9,12,15H,4,7-8,10-11H2,1-2H3,(H,21,22)(H3,18,19,20);1H. The van der Waals surface area contributed by atoms with E-state index in [1.165, 1.54) is 0 Å². The summed E-state index contributed by atoms with van der Waals surface area (Å²) in [5, 5.41) is 5.97. The number of benzene rings is 1. The second-order valence-electron chi connectivity index (χ2n) is 6.17. The molecule has 1 atom stereocenters. The molecule has 6 nitrogen and oxygen atoms in total. The fraction of sp³-hybridized carbons (Fsp3) is 0.529. The molecule has 0 radical (unpaired) electrons. The second-order valence-corrected chi connectivity index (χ2v) is 6.17. The van der Waals surface area contributed by atoms with Crippen LogP contribution in [-0.4, -0.2) is 31.1 Å². The van der Waals surface area contributed by atoms with Crippen molar-refractivity contribution in [2.45, 2.75) is 39.3 Å². The number of rotatable bonds is 6. The monoisotopic (exact) mass is 446 g/mol. The van der Waals surface area contributed by atoms with Crippen LogP contribution in [-0.2, 0) is 16.1 Å². The van der Waals surface area contributed by atoms with Crippen molar-refractivity contribution in [1.29, 1.82) is 0 Å². The number of hydrogen-bond acceptors (Lipinski definition) is 3. The number of halogens is 1. The zero-order valence-corrected chi connectivity index (χ0v) is 16.6. The molecule has 0 aliphatic carbocycles. The maximum Gasteiger partial charge on any atom is 0.253 e. The maximum atomic E-state index is 12.0. The SMILES string of the molecule is CC(C)CNC(N)=NCc1cccc(NC(=O)C2CCCO2)c1.I. The van der Waals surface area contributed by atoms with Gasteiger partial charge in [0.1, 0.15) is 6.10 Å². The van der Waals surface area contributed by atoms with Gasteiger partial charge in [0.15, 0.2) is 5.96 Å². The van der Waals surface area contributed by atoms with Crippen molar-refractivity contribution >= 4 is 41.5 Å². The van der Waals surface area contributed by atoms with Gasteiger partial charge in [0.2, 0.25) is 0 Å². The molecule has 1 heterocycles. The third-order valence-electron chi connectivity index (χ3n) is 3.54. The Morgan fingerprint density at radius 3 is 2.92 bits per heavy atom. The number of carbonyl (C=O) groups excluding carboxylic acids is 1. The van der Waals surface area contributed by atoms with Gasteiger partial charge in [-0.15, -0.1) is 24.0 Å². The van der Waals surface area contributed by atoms with E-state index < -0.39 is 0 Å². The van der Waals surface area contributed by atoms with E-state index in [1.54, 1.807) is 0 Å². The van der Waals surface area contributed by atoms with Crippen molar-refractivity contribution in [2.24, 2.45) is 16.6 Å². The average molecular weight is 446 g/mol. The third kappa shape index (κ3) is 7.04. The van der Waals surface area contributed by atoms with Crippen LogP contribution in [0.15, 0.2) is 29.3 Å². The van der Waals surface area contributed by atoms with E-state index in [9.17, 15) is 4.79 Å². The van der Waals surface area contributed by atoms with Crippen LogP contribution in [0.1, 0.15) is 32.3 Å². The highest BCUT2D eigenvalue weighted by Gasteiger charge is 2.23. The topological polar surface area (TPSA) is 88.7 Å². The molecule has 0 aromatic heterocycles. The first kappa shape index (κ1) is 20.7. The summed E-state index contributed by atoms with van der Waals surface area (Å²) in [6, 6.07) is 7.63. The fourth-order valence-corrected chi connectivity index (χ4v) is 2.30. The first-order chi connectivity index (χ1) is 11.0. The van der Waals surface area contributed by atoms with E-state index in [0.29, 0.717) is 25.0 Å². The molecule has 0 bridgehead atoms. The van der Waals surface area contributed by atoms with Crippen molar-refractivity contribution in [3.05, 3.63) is 29.8 Å². The first-order valence-corrected chi connectivity index (χ1v) is 8.10. The number of anilines is 1. The van der Waals surface area contributed by atoms with Crippen molar-refractivity contribution in [3.8, 4) is 0 Å². The number of aliphatic imine (C=N–C) groups is 1. The van der Waals surface area contributed by atoms with Gasteiger partial charge in [-0.05, 0) is 36.5 Å². The van der Waals surface area contributed by atoms with Gasteiger partial charge < -0.3 is 21.1 Å². The normalized spacial score (nSPS) is 17.5. The lowest BCUT2D eigenvalue weighted by Crippen LogP contribution is -2.34. The number of amides is 1. The minimum atomic E-state index is -0.326. The number of nitrogens with zero attached hydrogens (tertiary/aromatic N) is 1. The molecule has 1 aliphatic rings. The second kappa shape index (κ2) is 10.5. The molecule has 1 aromatic rings.